The Morgan fingerprint density at radius 1 is 1.33 bits per heavy atom. The van der Waals surface area contributed by atoms with Crippen LogP contribution in [-0.2, 0) is 17.9 Å². The number of carbonyl (C=O) groups is 1. The molecule has 1 amide bonds. The van der Waals surface area contributed by atoms with Crippen molar-refractivity contribution in [2.24, 2.45) is 11.7 Å². The van der Waals surface area contributed by atoms with Crippen molar-refractivity contribution in [1.29, 1.82) is 0 Å². The van der Waals surface area contributed by atoms with Crippen LogP contribution >= 0.6 is 0 Å². The highest BCUT2D eigenvalue weighted by molar-refractivity contribution is 5.76. The largest absolute Gasteiger partial charge is 0.352 e. The van der Waals surface area contributed by atoms with E-state index in [1.54, 1.807) is 0 Å². The number of allylic oxidation sites excluding steroid dienone is 2. The highest BCUT2D eigenvalue weighted by Gasteiger charge is 2.13. The summed E-state index contributed by atoms with van der Waals surface area (Å²) in [4.78, 5) is 11.8. The molecule has 0 saturated carbocycles. The Kier molecular flexibility index (Phi) is 4.53. The Bertz CT molecular complexity index is 440. The highest BCUT2D eigenvalue weighted by atomic mass is 16.1. The lowest BCUT2D eigenvalue weighted by Crippen LogP contribution is -2.25. The average Bonchev–Trinajstić information content (AvgIpc) is 2.89. The van der Waals surface area contributed by atoms with Crippen molar-refractivity contribution in [2.45, 2.75) is 32.4 Å². The second kappa shape index (κ2) is 6.36. The molecule has 3 nitrogen and oxygen atoms in total. The Balaban J connectivity index is 1.83. The maximum Gasteiger partial charge on any atom is 0.220 e. The van der Waals surface area contributed by atoms with Crippen LogP contribution in [0.15, 0.2) is 36.4 Å². The van der Waals surface area contributed by atoms with Gasteiger partial charge in [-0.2, -0.15) is 0 Å². The third-order valence-electron chi connectivity index (χ3n) is 3.37. The molecule has 1 aromatic carbocycles. The molecule has 0 saturated heterocycles. The first-order valence-corrected chi connectivity index (χ1v) is 6.50. The molecule has 2 rings (SSSR count). The highest BCUT2D eigenvalue weighted by Crippen LogP contribution is 2.20. The van der Waals surface area contributed by atoms with E-state index in [0.29, 0.717) is 25.4 Å². The van der Waals surface area contributed by atoms with E-state index in [0.717, 1.165) is 24.0 Å². The molecule has 0 spiro atoms. The number of carbonyl (C=O) groups excluding carboxylic acids is 1. The molecular weight excluding hydrogens is 224 g/mol. The summed E-state index contributed by atoms with van der Waals surface area (Å²) in [6.45, 7) is 1.08. The van der Waals surface area contributed by atoms with Gasteiger partial charge in [0.15, 0.2) is 0 Å². The minimum atomic E-state index is 0.123. The molecule has 0 radical (unpaired) electrons. The fraction of sp³-hybridized carbons (Fsp3) is 0.400. The molecule has 0 fully saturated rings. The molecule has 96 valence electrons. The number of hydrogen-bond acceptors (Lipinski definition) is 2. The number of rotatable bonds is 5. The number of benzene rings is 1. The van der Waals surface area contributed by atoms with Crippen molar-refractivity contribution in [2.75, 3.05) is 0 Å². The van der Waals surface area contributed by atoms with Crippen molar-refractivity contribution in [1.82, 2.24) is 5.32 Å². The van der Waals surface area contributed by atoms with Crippen molar-refractivity contribution >= 4 is 5.91 Å². The maximum absolute atomic E-state index is 11.8. The molecule has 1 atom stereocenters. The van der Waals surface area contributed by atoms with Crippen molar-refractivity contribution in [3.63, 3.8) is 0 Å². The quantitative estimate of drug-likeness (QED) is 0.779. The first-order valence-electron chi connectivity index (χ1n) is 6.50. The van der Waals surface area contributed by atoms with Gasteiger partial charge in [-0.3, -0.25) is 4.79 Å². The van der Waals surface area contributed by atoms with E-state index in [9.17, 15) is 4.79 Å². The first kappa shape index (κ1) is 12.8. The molecule has 0 bridgehead atoms. The van der Waals surface area contributed by atoms with Gasteiger partial charge in [-0.15, -0.1) is 0 Å². The fourth-order valence-electron chi connectivity index (χ4n) is 2.30. The average molecular weight is 244 g/mol. The SMILES string of the molecule is NCc1ccccc1CNC(=O)CC1C=CCC1. The normalized spacial score (nSPS) is 17.9. The number of amides is 1. The lowest BCUT2D eigenvalue weighted by molar-refractivity contribution is -0.121. The standard InChI is InChI=1S/C15H20N2O/c16-10-13-7-3-4-8-14(13)11-17-15(18)9-12-5-1-2-6-12/h1,3-5,7-8,12H,2,6,9-11,16H2,(H,17,18). The number of hydrogen-bond donors (Lipinski definition) is 2. The van der Waals surface area contributed by atoms with Gasteiger partial charge < -0.3 is 11.1 Å². The summed E-state index contributed by atoms with van der Waals surface area (Å²) < 4.78 is 0. The molecule has 1 aromatic rings. The van der Waals surface area contributed by atoms with E-state index >= 15 is 0 Å². The van der Waals surface area contributed by atoms with E-state index in [1.807, 2.05) is 24.3 Å². The van der Waals surface area contributed by atoms with Crippen LogP contribution in [0.3, 0.4) is 0 Å². The smallest absolute Gasteiger partial charge is 0.220 e. The Hall–Kier alpha value is -1.61. The van der Waals surface area contributed by atoms with Gasteiger partial charge in [-0.1, -0.05) is 36.4 Å². The molecule has 0 heterocycles. The van der Waals surface area contributed by atoms with Crippen molar-refractivity contribution < 1.29 is 4.79 Å². The summed E-state index contributed by atoms with van der Waals surface area (Å²) in [5.41, 5.74) is 7.87. The zero-order chi connectivity index (χ0) is 12.8. The van der Waals surface area contributed by atoms with Crippen LogP contribution in [0.1, 0.15) is 30.4 Å². The third-order valence-corrected chi connectivity index (χ3v) is 3.37. The van der Waals surface area contributed by atoms with Gasteiger partial charge in [-0.05, 0) is 29.9 Å². The molecule has 0 aliphatic heterocycles. The predicted octanol–water partition coefficient (Wildman–Crippen LogP) is 2.12. The van der Waals surface area contributed by atoms with E-state index < -0.39 is 0 Å². The Labute approximate surface area is 108 Å². The summed E-state index contributed by atoms with van der Waals surface area (Å²) in [5, 5.41) is 2.97. The Morgan fingerprint density at radius 2 is 2.11 bits per heavy atom. The van der Waals surface area contributed by atoms with Gasteiger partial charge in [0.25, 0.3) is 0 Å². The molecule has 1 unspecified atom stereocenters. The van der Waals surface area contributed by atoms with Crippen molar-refractivity contribution in [3.8, 4) is 0 Å². The Morgan fingerprint density at radius 3 is 2.78 bits per heavy atom. The molecular formula is C15H20N2O. The maximum atomic E-state index is 11.8. The van der Waals surface area contributed by atoms with E-state index in [4.69, 9.17) is 5.73 Å². The van der Waals surface area contributed by atoms with E-state index in [2.05, 4.69) is 17.5 Å². The molecule has 1 aliphatic carbocycles. The molecule has 1 aliphatic rings. The zero-order valence-electron chi connectivity index (χ0n) is 10.6. The van der Waals surface area contributed by atoms with E-state index in [-0.39, 0.29) is 5.91 Å². The number of nitrogens with one attached hydrogen (secondary N) is 1. The number of nitrogens with two attached hydrogens (primary N) is 1. The van der Waals surface area contributed by atoms with Crippen LogP contribution in [0.2, 0.25) is 0 Å². The lowest BCUT2D eigenvalue weighted by atomic mass is 10.0. The zero-order valence-corrected chi connectivity index (χ0v) is 10.6. The van der Waals surface area contributed by atoms with Crippen LogP contribution in [0.25, 0.3) is 0 Å². The van der Waals surface area contributed by atoms with Gasteiger partial charge in [-0.25, -0.2) is 0 Å². The van der Waals surface area contributed by atoms with Crippen LogP contribution < -0.4 is 11.1 Å². The monoisotopic (exact) mass is 244 g/mol. The minimum Gasteiger partial charge on any atom is -0.352 e. The topological polar surface area (TPSA) is 55.1 Å². The van der Waals surface area contributed by atoms with Crippen LogP contribution in [-0.4, -0.2) is 5.91 Å². The summed E-state index contributed by atoms with van der Waals surface area (Å²) in [6, 6.07) is 7.95. The second-order valence-electron chi connectivity index (χ2n) is 4.72. The van der Waals surface area contributed by atoms with Gasteiger partial charge in [0.1, 0.15) is 0 Å². The summed E-state index contributed by atoms with van der Waals surface area (Å²) in [6.07, 6.45) is 7.11. The molecule has 0 aromatic heterocycles. The van der Waals surface area contributed by atoms with Crippen molar-refractivity contribution in [3.05, 3.63) is 47.5 Å². The van der Waals surface area contributed by atoms with Crippen LogP contribution in [0, 0.1) is 5.92 Å². The first-order chi connectivity index (χ1) is 8.79. The summed E-state index contributed by atoms with van der Waals surface area (Å²) in [5.74, 6) is 0.549. The van der Waals surface area contributed by atoms with Crippen LogP contribution in [0.5, 0.6) is 0 Å². The van der Waals surface area contributed by atoms with E-state index in [1.165, 1.54) is 0 Å². The van der Waals surface area contributed by atoms with Gasteiger partial charge >= 0.3 is 0 Å². The van der Waals surface area contributed by atoms with Gasteiger partial charge in [0.05, 0.1) is 0 Å². The molecule has 3 heteroatoms. The second-order valence-corrected chi connectivity index (χ2v) is 4.72. The predicted molar refractivity (Wildman–Crippen MR) is 72.7 cm³/mol. The lowest BCUT2D eigenvalue weighted by Gasteiger charge is -2.11. The molecule has 18 heavy (non-hydrogen) atoms. The summed E-state index contributed by atoms with van der Waals surface area (Å²) >= 11 is 0. The van der Waals surface area contributed by atoms with Gasteiger partial charge in [0.2, 0.25) is 5.91 Å². The van der Waals surface area contributed by atoms with Crippen LogP contribution in [0.4, 0.5) is 0 Å². The minimum absolute atomic E-state index is 0.123. The third kappa shape index (κ3) is 3.44. The summed E-state index contributed by atoms with van der Waals surface area (Å²) in [7, 11) is 0. The van der Waals surface area contributed by atoms with Gasteiger partial charge in [0, 0.05) is 19.5 Å². The fourth-order valence-corrected chi connectivity index (χ4v) is 2.30. The molecule has 3 N–H and O–H groups in total.